The van der Waals surface area contributed by atoms with E-state index < -0.39 is 5.97 Å². The Labute approximate surface area is 149 Å². The van der Waals surface area contributed by atoms with Crippen molar-refractivity contribution in [1.29, 1.82) is 0 Å². The highest BCUT2D eigenvalue weighted by atomic mass is 16.5. The molecule has 0 radical (unpaired) electrons. The zero-order chi connectivity index (χ0) is 17.6. The van der Waals surface area contributed by atoms with Gasteiger partial charge in [0.15, 0.2) is 0 Å². The van der Waals surface area contributed by atoms with Crippen LogP contribution in [-0.2, 0) is 0 Å². The number of aliphatic hydroxyl groups is 1. The van der Waals surface area contributed by atoms with E-state index in [1.54, 1.807) is 24.3 Å². The van der Waals surface area contributed by atoms with Crippen LogP contribution in [0.4, 0.5) is 0 Å². The number of β-amino-alcohol motifs (C(OH)–C–C–N with tert-alkyl or cyclic N) is 1. The van der Waals surface area contributed by atoms with Gasteiger partial charge in [0.1, 0.15) is 5.75 Å². The highest BCUT2D eigenvalue weighted by Crippen LogP contribution is 2.21. The third-order valence-electron chi connectivity index (χ3n) is 5.18. The molecule has 0 amide bonds. The Balaban J connectivity index is 1.37. The molecule has 0 unspecified atom stereocenters. The predicted octanol–water partition coefficient (Wildman–Crippen LogP) is 1.68. The summed E-state index contributed by atoms with van der Waals surface area (Å²) in [7, 11) is 0. The van der Waals surface area contributed by atoms with Gasteiger partial charge in [-0.05, 0) is 56.6 Å². The molecule has 2 aliphatic heterocycles. The number of carboxylic acids is 1. The lowest BCUT2D eigenvalue weighted by atomic mass is 10.1. The second kappa shape index (κ2) is 8.65. The van der Waals surface area contributed by atoms with Crippen LogP contribution in [0.15, 0.2) is 24.3 Å². The van der Waals surface area contributed by atoms with Crippen molar-refractivity contribution in [3.63, 3.8) is 0 Å². The summed E-state index contributed by atoms with van der Waals surface area (Å²) in [4.78, 5) is 15.6. The maximum absolute atomic E-state index is 10.8. The molecular weight excluding hydrogens is 320 g/mol. The van der Waals surface area contributed by atoms with Crippen molar-refractivity contribution in [1.82, 2.24) is 9.80 Å². The summed E-state index contributed by atoms with van der Waals surface area (Å²) in [6.45, 7) is 5.42. The molecule has 2 heterocycles. The number of aromatic carboxylic acids is 1. The molecule has 2 aliphatic rings. The maximum atomic E-state index is 10.8. The predicted molar refractivity (Wildman–Crippen MR) is 95.2 cm³/mol. The summed E-state index contributed by atoms with van der Waals surface area (Å²) < 4.78 is 5.68. The van der Waals surface area contributed by atoms with Gasteiger partial charge in [0.05, 0.1) is 18.3 Å². The summed E-state index contributed by atoms with van der Waals surface area (Å²) in [6, 6.07) is 6.77. The van der Waals surface area contributed by atoms with E-state index >= 15 is 0 Å². The standard InChI is InChI=1S/C19H28N2O4/c22-18-14-20(13-17(18)21-10-2-1-3-11-21)9-4-12-25-16-7-5-15(6-8-16)19(23)24/h5-8,17-18,22H,1-4,9-14H2,(H,23,24)/t17-,18-/m0/s1. The number of aliphatic hydroxyl groups excluding tert-OH is 1. The molecule has 3 rings (SSSR count). The first-order chi connectivity index (χ1) is 12.1. The van der Waals surface area contributed by atoms with Gasteiger partial charge >= 0.3 is 5.97 Å². The van der Waals surface area contributed by atoms with Crippen LogP contribution in [0.1, 0.15) is 36.0 Å². The van der Waals surface area contributed by atoms with Crippen molar-refractivity contribution >= 4 is 5.97 Å². The van der Waals surface area contributed by atoms with Gasteiger partial charge < -0.3 is 14.9 Å². The summed E-state index contributed by atoms with van der Waals surface area (Å²) >= 11 is 0. The first-order valence-corrected chi connectivity index (χ1v) is 9.24. The van der Waals surface area contributed by atoms with Crippen molar-refractivity contribution in [2.24, 2.45) is 0 Å². The minimum atomic E-state index is -0.928. The number of carboxylic acid groups (broad SMARTS) is 1. The molecule has 0 aromatic heterocycles. The van der Waals surface area contributed by atoms with Gasteiger partial charge in [-0.25, -0.2) is 4.79 Å². The summed E-state index contributed by atoms with van der Waals surface area (Å²) in [5.74, 6) is -0.236. The first-order valence-electron chi connectivity index (χ1n) is 9.24. The normalized spacial score (nSPS) is 25.2. The second-order valence-electron chi connectivity index (χ2n) is 7.02. The molecule has 6 heteroatoms. The number of nitrogens with zero attached hydrogens (tertiary/aromatic N) is 2. The number of piperidine rings is 1. The number of ether oxygens (including phenoxy) is 1. The average Bonchev–Trinajstić information content (AvgIpc) is 3.00. The van der Waals surface area contributed by atoms with Crippen LogP contribution in [0, 0.1) is 0 Å². The van der Waals surface area contributed by atoms with Crippen LogP contribution in [0.3, 0.4) is 0 Å². The Bertz CT molecular complexity index is 557. The van der Waals surface area contributed by atoms with E-state index in [0.717, 1.165) is 39.1 Å². The lowest BCUT2D eigenvalue weighted by Crippen LogP contribution is -2.45. The second-order valence-corrected chi connectivity index (χ2v) is 7.02. The molecule has 1 aromatic carbocycles. The van der Waals surface area contributed by atoms with E-state index in [1.165, 1.54) is 19.3 Å². The molecule has 0 spiro atoms. The molecule has 2 saturated heterocycles. The molecule has 25 heavy (non-hydrogen) atoms. The fourth-order valence-corrected chi connectivity index (χ4v) is 3.81. The molecule has 0 saturated carbocycles. The highest BCUT2D eigenvalue weighted by molar-refractivity contribution is 5.87. The van der Waals surface area contributed by atoms with Crippen molar-refractivity contribution in [3.8, 4) is 5.75 Å². The van der Waals surface area contributed by atoms with Crippen LogP contribution in [0.2, 0.25) is 0 Å². The summed E-state index contributed by atoms with van der Waals surface area (Å²) in [5.41, 5.74) is 0.266. The molecule has 0 bridgehead atoms. The SMILES string of the molecule is O=C(O)c1ccc(OCCCN2C[C@H](O)[C@@H](N3CCCCC3)C2)cc1. The molecule has 2 atom stereocenters. The molecule has 6 nitrogen and oxygen atoms in total. The Morgan fingerprint density at radius 2 is 1.84 bits per heavy atom. The van der Waals surface area contributed by atoms with Gasteiger partial charge in [-0.3, -0.25) is 9.80 Å². The van der Waals surface area contributed by atoms with E-state index in [0.29, 0.717) is 12.4 Å². The average molecular weight is 348 g/mol. The minimum Gasteiger partial charge on any atom is -0.494 e. The number of rotatable bonds is 7. The lowest BCUT2D eigenvalue weighted by Gasteiger charge is -2.33. The number of hydrogen-bond donors (Lipinski definition) is 2. The smallest absolute Gasteiger partial charge is 0.335 e. The zero-order valence-electron chi connectivity index (χ0n) is 14.6. The molecule has 2 fully saturated rings. The topological polar surface area (TPSA) is 73.2 Å². The van der Waals surface area contributed by atoms with Gasteiger partial charge in [0.25, 0.3) is 0 Å². The Morgan fingerprint density at radius 3 is 2.52 bits per heavy atom. The van der Waals surface area contributed by atoms with Gasteiger partial charge in [0, 0.05) is 25.7 Å². The van der Waals surface area contributed by atoms with Gasteiger partial charge in [-0.2, -0.15) is 0 Å². The monoisotopic (exact) mass is 348 g/mol. The molecule has 0 aliphatic carbocycles. The largest absolute Gasteiger partial charge is 0.494 e. The Kier molecular flexibility index (Phi) is 6.29. The van der Waals surface area contributed by atoms with Gasteiger partial charge in [-0.15, -0.1) is 0 Å². The summed E-state index contributed by atoms with van der Waals surface area (Å²) in [6.07, 6.45) is 4.45. The van der Waals surface area contributed by atoms with Crippen LogP contribution in [0.25, 0.3) is 0 Å². The van der Waals surface area contributed by atoms with Crippen LogP contribution >= 0.6 is 0 Å². The van der Waals surface area contributed by atoms with Crippen LogP contribution < -0.4 is 4.74 Å². The number of carbonyl (C=O) groups is 1. The molecule has 138 valence electrons. The summed E-state index contributed by atoms with van der Waals surface area (Å²) in [5, 5.41) is 19.2. The maximum Gasteiger partial charge on any atom is 0.335 e. The van der Waals surface area contributed by atoms with Gasteiger partial charge in [-0.1, -0.05) is 6.42 Å². The van der Waals surface area contributed by atoms with Crippen molar-refractivity contribution in [3.05, 3.63) is 29.8 Å². The van der Waals surface area contributed by atoms with E-state index in [4.69, 9.17) is 9.84 Å². The number of benzene rings is 1. The van der Waals surface area contributed by atoms with E-state index in [-0.39, 0.29) is 17.7 Å². The third-order valence-corrected chi connectivity index (χ3v) is 5.18. The fraction of sp³-hybridized carbons (Fsp3) is 0.632. The van der Waals surface area contributed by atoms with Gasteiger partial charge in [0.2, 0.25) is 0 Å². The highest BCUT2D eigenvalue weighted by Gasteiger charge is 2.35. The van der Waals surface area contributed by atoms with E-state index in [2.05, 4.69) is 9.80 Å². The lowest BCUT2D eigenvalue weighted by molar-refractivity contribution is 0.0695. The van der Waals surface area contributed by atoms with Crippen molar-refractivity contribution < 1.29 is 19.7 Å². The first kappa shape index (κ1) is 18.2. The zero-order valence-corrected chi connectivity index (χ0v) is 14.6. The van der Waals surface area contributed by atoms with Crippen LogP contribution in [-0.4, -0.2) is 77.5 Å². The van der Waals surface area contributed by atoms with Crippen molar-refractivity contribution in [2.45, 2.75) is 37.8 Å². The van der Waals surface area contributed by atoms with E-state index in [1.807, 2.05) is 0 Å². The fourth-order valence-electron chi connectivity index (χ4n) is 3.81. The Hall–Kier alpha value is -1.63. The van der Waals surface area contributed by atoms with E-state index in [9.17, 15) is 9.90 Å². The quantitative estimate of drug-likeness (QED) is 0.731. The Morgan fingerprint density at radius 1 is 1.12 bits per heavy atom. The third kappa shape index (κ3) is 4.93. The molecule has 2 N–H and O–H groups in total. The van der Waals surface area contributed by atoms with Crippen molar-refractivity contribution in [2.75, 3.05) is 39.3 Å². The van der Waals surface area contributed by atoms with Crippen LogP contribution in [0.5, 0.6) is 5.75 Å². The minimum absolute atomic E-state index is 0.248. The number of likely N-dealkylation sites (tertiary alicyclic amines) is 2. The molecule has 1 aromatic rings. The molecular formula is C19H28N2O4. The number of hydrogen-bond acceptors (Lipinski definition) is 5.